The molecule has 0 spiro atoms. The van der Waals surface area contributed by atoms with Crippen LogP contribution in [0.5, 0.6) is 0 Å². The third kappa shape index (κ3) is 3.86. The van der Waals surface area contributed by atoms with Crippen LogP contribution in [0, 0.1) is 0 Å². The maximum Gasteiger partial charge on any atom is 0.240 e. The van der Waals surface area contributed by atoms with E-state index in [0.717, 1.165) is 33.2 Å². The second-order valence-electron chi connectivity index (χ2n) is 6.46. The lowest BCUT2D eigenvalue weighted by Gasteiger charge is -2.18. The highest BCUT2D eigenvalue weighted by Gasteiger charge is 2.18. The van der Waals surface area contributed by atoms with Gasteiger partial charge >= 0.3 is 0 Å². The molecule has 0 aliphatic rings. The van der Waals surface area contributed by atoms with Gasteiger partial charge in [0.25, 0.3) is 0 Å². The molecule has 1 N–H and O–H groups in total. The predicted molar refractivity (Wildman–Crippen MR) is 116 cm³/mol. The minimum absolute atomic E-state index is 0.0295. The lowest BCUT2D eigenvalue weighted by Crippen LogP contribution is -2.31. The third-order valence-electron chi connectivity index (χ3n) is 4.63. The number of aromatic nitrogens is 3. The van der Waals surface area contributed by atoms with Crippen LogP contribution in [-0.2, 0) is 11.3 Å². The number of hydrogen-bond donors (Lipinski definition) is 1. The molecule has 142 valence electrons. The average Bonchev–Trinajstić information content (AvgIpc) is 3.35. The van der Waals surface area contributed by atoms with Gasteiger partial charge in [0.2, 0.25) is 5.91 Å². The van der Waals surface area contributed by atoms with Gasteiger partial charge in [-0.1, -0.05) is 47.1 Å². The van der Waals surface area contributed by atoms with E-state index in [1.165, 1.54) is 11.3 Å². The molecule has 0 saturated heterocycles. The highest BCUT2D eigenvalue weighted by atomic mass is 79.9. The molecule has 5 nitrogen and oxygen atoms in total. The van der Waals surface area contributed by atoms with Gasteiger partial charge in [-0.05, 0) is 36.2 Å². The Morgan fingerprint density at radius 1 is 1.21 bits per heavy atom. The molecule has 2 aromatic carbocycles. The van der Waals surface area contributed by atoms with E-state index >= 15 is 0 Å². The van der Waals surface area contributed by atoms with Crippen LogP contribution in [0.15, 0.2) is 63.9 Å². The Kier molecular flexibility index (Phi) is 5.54. The van der Waals surface area contributed by atoms with Crippen LogP contribution in [0.1, 0.15) is 24.9 Å². The maximum absolute atomic E-state index is 12.9. The Labute approximate surface area is 175 Å². The van der Waals surface area contributed by atoms with Gasteiger partial charge in [0.15, 0.2) is 5.82 Å². The summed E-state index contributed by atoms with van der Waals surface area (Å²) in [5, 5.41) is 5.11. The number of rotatable bonds is 6. The summed E-state index contributed by atoms with van der Waals surface area (Å²) in [5.41, 5.74) is 5.44. The minimum Gasteiger partial charge on any atom is -0.348 e. The lowest BCUT2D eigenvalue weighted by atomic mass is 10.0. The summed E-state index contributed by atoms with van der Waals surface area (Å²) in [5.74, 6) is 0.670. The first kappa shape index (κ1) is 18.8. The van der Waals surface area contributed by atoms with E-state index in [4.69, 9.17) is 4.98 Å². The normalized spacial score (nSPS) is 12.2. The number of para-hydroxylation sites is 2. The molecule has 0 aliphatic heterocycles. The van der Waals surface area contributed by atoms with Gasteiger partial charge in [-0.25, -0.2) is 9.97 Å². The lowest BCUT2D eigenvalue weighted by molar-refractivity contribution is -0.122. The van der Waals surface area contributed by atoms with Crippen LogP contribution in [-0.4, -0.2) is 20.4 Å². The van der Waals surface area contributed by atoms with Crippen molar-refractivity contribution in [3.8, 4) is 11.5 Å². The van der Waals surface area contributed by atoms with E-state index < -0.39 is 0 Å². The van der Waals surface area contributed by atoms with Crippen molar-refractivity contribution in [2.45, 2.75) is 25.9 Å². The van der Waals surface area contributed by atoms with Gasteiger partial charge in [-0.3, -0.25) is 4.79 Å². The number of thiazole rings is 1. The number of carbonyl (C=O) groups is 1. The van der Waals surface area contributed by atoms with Crippen LogP contribution in [0.2, 0.25) is 0 Å². The van der Waals surface area contributed by atoms with Crippen LogP contribution >= 0.6 is 27.3 Å². The van der Waals surface area contributed by atoms with Gasteiger partial charge in [-0.2, -0.15) is 0 Å². The number of fused-ring (bicyclic) bond motifs is 1. The summed E-state index contributed by atoms with van der Waals surface area (Å²) < 4.78 is 2.96. The second-order valence-corrected chi connectivity index (χ2v) is 8.10. The number of amides is 1. The third-order valence-corrected chi connectivity index (χ3v) is 5.75. The Morgan fingerprint density at radius 2 is 2.00 bits per heavy atom. The van der Waals surface area contributed by atoms with Crippen molar-refractivity contribution in [3.05, 3.63) is 69.5 Å². The Bertz CT molecular complexity index is 1090. The molecule has 1 atom stereocenters. The van der Waals surface area contributed by atoms with Crippen molar-refractivity contribution in [1.82, 2.24) is 19.9 Å². The van der Waals surface area contributed by atoms with Crippen molar-refractivity contribution in [2.75, 3.05) is 0 Å². The number of halogens is 1. The van der Waals surface area contributed by atoms with Crippen LogP contribution in [0.4, 0.5) is 0 Å². The van der Waals surface area contributed by atoms with E-state index in [0.29, 0.717) is 5.82 Å². The van der Waals surface area contributed by atoms with Crippen molar-refractivity contribution in [2.24, 2.45) is 0 Å². The van der Waals surface area contributed by atoms with Gasteiger partial charge in [0, 0.05) is 9.85 Å². The van der Waals surface area contributed by atoms with Gasteiger partial charge in [0.05, 0.1) is 22.6 Å². The maximum atomic E-state index is 12.9. The minimum atomic E-state index is -0.0469. The van der Waals surface area contributed by atoms with E-state index in [9.17, 15) is 4.79 Å². The van der Waals surface area contributed by atoms with Crippen LogP contribution in [0.25, 0.3) is 22.6 Å². The number of nitrogens with one attached hydrogen (secondary N) is 1. The van der Waals surface area contributed by atoms with Crippen LogP contribution < -0.4 is 5.32 Å². The molecule has 0 unspecified atom stereocenters. The molecule has 0 aliphatic carbocycles. The van der Waals surface area contributed by atoms with E-state index in [1.54, 1.807) is 5.51 Å². The zero-order chi connectivity index (χ0) is 19.5. The smallest absolute Gasteiger partial charge is 0.240 e. The topological polar surface area (TPSA) is 59.8 Å². The van der Waals surface area contributed by atoms with E-state index in [-0.39, 0.29) is 18.5 Å². The molecule has 4 aromatic rings. The molecular formula is C21H19BrN4OS. The highest BCUT2D eigenvalue weighted by molar-refractivity contribution is 9.10. The first-order valence-electron chi connectivity index (χ1n) is 9.04. The molecule has 1 amide bonds. The van der Waals surface area contributed by atoms with E-state index in [1.807, 2.05) is 58.5 Å². The number of nitrogens with zero attached hydrogens (tertiary/aromatic N) is 3. The fraction of sp³-hybridized carbons (Fsp3) is 0.190. The summed E-state index contributed by atoms with van der Waals surface area (Å²) in [6.07, 6.45) is 0.816. The largest absolute Gasteiger partial charge is 0.348 e. The first-order chi connectivity index (χ1) is 13.7. The zero-order valence-corrected chi connectivity index (χ0v) is 17.7. The Hall–Kier alpha value is -2.51. The molecule has 2 aromatic heterocycles. The van der Waals surface area contributed by atoms with Crippen LogP contribution in [0.3, 0.4) is 0 Å². The first-order valence-corrected chi connectivity index (χ1v) is 10.8. The van der Waals surface area contributed by atoms with Gasteiger partial charge < -0.3 is 9.88 Å². The quantitative estimate of drug-likeness (QED) is 0.435. The fourth-order valence-electron chi connectivity index (χ4n) is 3.25. The van der Waals surface area contributed by atoms with Crippen molar-refractivity contribution >= 4 is 44.2 Å². The molecule has 2 heterocycles. The molecule has 0 bridgehead atoms. The molecular weight excluding hydrogens is 436 g/mol. The average molecular weight is 455 g/mol. The van der Waals surface area contributed by atoms with Crippen molar-refractivity contribution in [1.29, 1.82) is 0 Å². The van der Waals surface area contributed by atoms with Crippen molar-refractivity contribution < 1.29 is 4.79 Å². The predicted octanol–water partition coefficient (Wildman–Crippen LogP) is 5.19. The highest BCUT2D eigenvalue weighted by Crippen LogP contribution is 2.25. The van der Waals surface area contributed by atoms with Crippen molar-refractivity contribution in [3.63, 3.8) is 0 Å². The molecule has 0 saturated carbocycles. The zero-order valence-electron chi connectivity index (χ0n) is 15.3. The number of hydrogen-bond acceptors (Lipinski definition) is 4. The summed E-state index contributed by atoms with van der Waals surface area (Å²) in [6.45, 7) is 2.26. The van der Waals surface area contributed by atoms with Gasteiger partial charge in [-0.15, -0.1) is 11.3 Å². The molecule has 0 fully saturated rings. The van der Waals surface area contributed by atoms with Gasteiger partial charge in [0.1, 0.15) is 12.2 Å². The summed E-state index contributed by atoms with van der Waals surface area (Å²) >= 11 is 4.97. The summed E-state index contributed by atoms with van der Waals surface area (Å²) in [4.78, 5) is 22.0. The molecule has 4 rings (SSSR count). The number of benzene rings is 2. The SMILES string of the molecule is CC[C@@H](NC(=O)Cn1c(-c2cscn2)nc2ccccc21)c1ccc(Br)cc1. The molecule has 7 heteroatoms. The second kappa shape index (κ2) is 8.24. The molecule has 28 heavy (non-hydrogen) atoms. The number of carbonyl (C=O) groups excluding carboxylic acids is 1. The Morgan fingerprint density at radius 3 is 2.71 bits per heavy atom. The standard InChI is InChI=1S/C21H19BrN4OS/c1-2-16(14-7-9-15(22)10-8-14)24-20(27)11-26-19-6-4-3-5-17(19)25-21(26)18-12-28-13-23-18/h3-10,12-13,16H,2,11H2,1H3,(H,24,27)/t16-/m1/s1. The van der Waals surface area contributed by atoms with E-state index in [2.05, 4.69) is 33.2 Å². The monoisotopic (exact) mass is 454 g/mol. The Balaban J connectivity index is 1.61. The molecule has 0 radical (unpaired) electrons. The summed E-state index contributed by atoms with van der Waals surface area (Å²) in [6, 6.07) is 15.9. The summed E-state index contributed by atoms with van der Waals surface area (Å²) in [7, 11) is 0. The number of imidazole rings is 1. The fourth-order valence-corrected chi connectivity index (χ4v) is 4.05.